The minimum absolute atomic E-state index is 0.0506. The summed E-state index contributed by atoms with van der Waals surface area (Å²) in [4.78, 5) is 0. The van der Waals surface area contributed by atoms with Crippen molar-refractivity contribution in [3.05, 3.63) is 192 Å². The maximum absolute atomic E-state index is 9.46. The van der Waals surface area contributed by atoms with Crippen LogP contribution in [0, 0.1) is 0 Å². The fourth-order valence-corrected chi connectivity index (χ4v) is 8.50. The fourth-order valence-electron chi connectivity index (χ4n) is 8.50. The van der Waals surface area contributed by atoms with Crippen molar-refractivity contribution in [1.82, 2.24) is 0 Å². The van der Waals surface area contributed by atoms with Gasteiger partial charge in [-0.2, -0.15) is 0 Å². The summed E-state index contributed by atoms with van der Waals surface area (Å²) in [6, 6.07) is 60.7. The number of rotatable bonds is 10. The Morgan fingerprint density at radius 3 is 1.19 bits per heavy atom. The van der Waals surface area contributed by atoms with Crippen molar-refractivity contribution in [3.63, 3.8) is 0 Å². The molecular weight excluding hydrogens is 653 g/mol. The first-order chi connectivity index (χ1) is 26.2. The molecule has 4 heteroatoms. The van der Waals surface area contributed by atoms with Crippen LogP contribution < -0.4 is 9.47 Å². The highest BCUT2D eigenvalue weighted by molar-refractivity contribution is 6.09. The zero-order valence-corrected chi connectivity index (χ0v) is 29.2. The molecule has 0 spiro atoms. The molecule has 0 radical (unpaired) electrons. The summed E-state index contributed by atoms with van der Waals surface area (Å²) in [5, 5.41) is 23.7. The van der Waals surface area contributed by atoms with Crippen LogP contribution in [0.2, 0.25) is 0 Å². The molecule has 0 fully saturated rings. The topological polar surface area (TPSA) is 58.9 Å². The lowest BCUT2D eigenvalue weighted by atomic mass is 9.67. The maximum atomic E-state index is 9.46. The highest BCUT2D eigenvalue weighted by Crippen LogP contribution is 2.61. The Morgan fingerprint density at radius 1 is 0.377 bits per heavy atom. The molecule has 8 aromatic carbocycles. The zero-order chi connectivity index (χ0) is 35.8. The quantitative estimate of drug-likeness (QED) is 0.150. The molecule has 0 saturated carbocycles. The van der Waals surface area contributed by atoms with Gasteiger partial charge in [-0.15, -0.1) is 0 Å². The van der Waals surface area contributed by atoms with Crippen LogP contribution in [0.5, 0.6) is 11.5 Å². The summed E-state index contributed by atoms with van der Waals surface area (Å²) in [5.74, 6) is 1.41. The van der Waals surface area contributed by atoms with Crippen molar-refractivity contribution in [3.8, 4) is 44.9 Å². The van der Waals surface area contributed by atoms with Gasteiger partial charge in [0.05, 0.1) is 18.6 Å². The van der Waals surface area contributed by atoms with E-state index in [1.165, 1.54) is 66.1 Å². The van der Waals surface area contributed by atoms with Gasteiger partial charge in [0.15, 0.2) is 0 Å². The van der Waals surface area contributed by atoms with Crippen LogP contribution in [0.15, 0.2) is 170 Å². The largest absolute Gasteiger partial charge is 0.491 e. The number of fused-ring (bicyclic) bond motifs is 5. The third-order valence-corrected chi connectivity index (χ3v) is 10.6. The second-order valence-corrected chi connectivity index (χ2v) is 13.5. The van der Waals surface area contributed by atoms with E-state index in [2.05, 4.69) is 146 Å². The van der Waals surface area contributed by atoms with E-state index in [9.17, 15) is 10.2 Å². The number of hydrogen-bond acceptors (Lipinski definition) is 4. The van der Waals surface area contributed by atoms with E-state index in [4.69, 9.17) is 9.47 Å². The normalized spacial score (nSPS) is 12.8. The van der Waals surface area contributed by atoms with E-state index in [0.717, 1.165) is 11.1 Å². The SMILES string of the molecule is OCCOc1ccc(C2(c3ccc(OCCO)cc3)c3cccc(-c4cccc5ccccc45)c3-c3c(-c4cccc5ccccc45)cccc32)cc1. The molecule has 0 heterocycles. The monoisotopic (exact) mass is 690 g/mol. The second kappa shape index (κ2) is 13.7. The van der Waals surface area contributed by atoms with Gasteiger partial charge in [0.1, 0.15) is 24.7 Å². The lowest BCUT2D eigenvalue weighted by molar-refractivity contribution is 0.201. The van der Waals surface area contributed by atoms with E-state index in [-0.39, 0.29) is 26.4 Å². The highest BCUT2D eigenvalue weighted by Gasteiger charge is 2.48. The first-order valence-corrected chi connectivity index (χ1v) is 18.1. The Hall–Kier alpha value is -6.20. The average molecular weight is 691 g/mol. The van der Waals surface area contributed by atoms with Crippen molar-refractivity contribution in [2.45, 2.75) is 5.41 Å². The maximum Gasteiger partial charge on any atom is 0.119 e. The molecule has 258 valence electrons. The number of aliphatic hydroxyl groups excluding tert-OH is 2. The summed E-state index contributed by atoms with van der Waals surface area (Å²) < 4.78 is 11.7. The molecule has 4 nitrogen and oxygen atoms in total. The number of ether oxygens (including phenoxy) is 2. The third kappa shape index (κ3) is 5.38. The van der Waals surface area contributed by atoms with Crippen molar-refractivity contribution in [1.29, 1.82) is 0 Å². The minimum atomic E-state index is -0.711. The van der Waals surface area contributed by atoms with E-state index in [1.807, 2.05) is 24.3 Å². The van der Waals surface area contributed by atoms with Crippen LogP contribution in [0.3, 0.4) is 0 Å². The highest BCUT2D eigenvalue weighted by atomic mass is 16.5. The number of benzene rings is 8. The van der Waals surface area contributed by atoms with Gasteiger partial charge in [-0.25, -0.2) is 0 Å². The summed E-state index contributed by atoms with van der Waals surface area (Å²) >= 11 is 0. The molecule has 0 atom stereocenters. The van der Waals surface area contributed by atoms with Crippen molar-refractivity contribution >= 4 is 21.5 Å². The van der Waals surface area contributed by atoms with Crippen LogP contribution in [0.25, 0.3) is 54.9 Å². The Labute approximate surface area is 309 Å². The van der Waals surface area contributed by atoms with E-state index in [1.54, 1.807) is 0 Å². The number of aliphatic hydroxyl groups is 2. The van der Waals surface area contributed by atoms with Gasteiger partial charge in [0.2, 0.25) is 0 Å². The molecule has 2 N–H and O–H groups in total. The smallest absolute Gasteiger partial charge is 0.119 e. The Bertz CT molecular complexity index is 2390. The standard InChI is InChI=1S/C49H38O4/c50-29-31-52-37-25-21-35(22-26-37)49(36-23-27-38(28-24-36)53-32-30-51)45-19-7-17-43(41-15-5-11-33-9-1-3-13-39(33)41)47(45)48-44(18-8-20-46(48)49)42-16-6-12-34-10-2-4-14-40(34)42/h1-28,50-51H,29-32H2. The van der Waals surface area contributed by atoms with Crippen LogP contribution in [-0.2, 0) is 5.41 Å². The molecule has 1 aliphatic carbocycles. The molecule has 1 aliphatic rings. The summed E-state index contributed by atoms with van der Waals surface area (Å²) in [6.45, 7) is 0.360. The van der Waals surface area contributed by atoms with Gasteiger partial charge >= 0.3 is 0 Å². The molecule has 9 rings (SSSR count). The van der Waals surface area contributed by atoms with Crippen LogP contribution >= 0.6 is 0 Å². The van der Waals surface area contributed by atoms with Crippen molar-refractivity contribution < 1.29 is 19.7 Å². The van der Waals surface area contributed by atoms with E-state index >= 15 is 0 Å². The van der Waals surface area contributed by atoms with Crippen molar-refractivity contribution in [2.24, 2.45) is 0 Å². The van der Waals surface area contributed by atoms with Crippen LogP contribution in [0.4, 0.5) is 0 Å². The Balaban J connectivity index is 1.41. The molecule has 0 aromatic heterocycles. The van der Waals surface area contributed by atoms with Crippen LogP contribution in [-0.4, -0.2) is 36.6 Å². The lowest BCUT2D eigenvalue weighted by Gasteiger charge is -2.34. The summed E-state index contributed by atoms with van der Waals surface area (Å²) in [5.41, 5.74) is 11.0. The van der Waals surface area contributed by atoms with Gasteiger partial charge in [-0.3, -0.25) is 0 Å². The summed E-state index contributed by atoms with van der Waals surface area (Å²) in [6.07, 6.45) is 0. The molecule has 0 unspecified atom stereocenters. The van der Waals surface area contributed by atoms with Gasteiger partial charge in [-0.05, 0) is 101 Å². The van der Waals surface area contributed by atoms with E-state index in [0.29, 0.717) is 11.5 Å². The zero-order valence-electron chi connectivity index (χ0n) is 29.2. The molecule has 0 amide bonds. The van der Waals surface area contributed by atoms with Gasteiger partial charge in [-0.1, -0.05) is 146 Å². The van der Waals surface area contributed by atoms with Gasteiger partial charge in [0.25, 0.3) is 0 Å². The molecule has 0 bridgehead atoms. The third-order valence-electron chi connectivity index (χ3n) is 10.6. The fraction of sp³-hybridized carbons (Fsp3) is 0.102. The van der Waals surface area contributed by atoms with Crippen LogP contribution in [0.1, 0.15) is 22.3 Å². The minimum Gasteiger partial charge on any atom is -0.491 e. The lowest BCUT2D eigenvalue weighted by Crippen LogP contribution is -2.28. The predicted molar refractivity (Wildman–Crippen MR) is 215 cm³/mol. The molecular formula is C49H38O4. The van der Waals surface area contributed by atoms with E-state index < -0.39 is 5.41 Å². The molecule has 0 aliphatic heterocycles. The molecule has 8 aromatic rings. The number of hydrogen-bond donors (Lipinski definition) is 2. The first-order valence-electron chi connectivity index (χ1n) is 18.1. The molecule has 0 saturated heterocycles. The Morgan fingerprint density at radius 2 is 0.755 bits per heavy atom. The van der Waals surface area contributed by atoms with Gasteiger partial charge in [0, 0.05) is 0 Å². The summed E-state index contributed by atoms with van der Waals surface area (Å²) in [7, 11) is 0. The second-order valence-electron chi connectivity index (χ2n) is 13.5. The van der Waals surface area contributed by atoms with Crippen molar-refractivity contribution in [2.75, 3.05) is 26.4 Å². The first kappa shape index (κ1) is 32.7. The Kier molecular flexibility index (Phi) is 8.47. The average Bonchev–Trinajstić information content (AvgIpc) is 3.53. The molecule has 53 heavy (non-hydrogen) atoms. The predicted octanol–water partition coefficient (Wildman–Crippen LogP) is 10.4. The van der Waals surface area contributed by atoms with Gasteiger partial charge < -0.3 is 19.7 Å².